The summed E-state index contributed by atoms with van der Waals surface area (Å²) in [5.74, 6) is 0.427. The van der Waals surface area contributed by atoms with E-state index in [2.05, 4.69) is 42.2 Å². The van der Waals surface area contributed by atoms with Crippen LogP contribution in [-0.4, -0.2) is 4.98 Å². The third-order valence-corrected chi connectivity index (χ3v) is 3.92. The van der Waals surface area contributed by atoms with E-state index in [1.807, 2.05) is 13.0 Å². The van der Waals surface area contributed by atoms with E-state index in [0.29, 0.717) is 10.3 Å². The Morgan fingerprint density at radius 1 is 1.24 bits per heavy atom. The second kappa shape index (κ2) is 5.14. The molecule has 1 aromatic carbocycles. The monoisotopic (exact) mass is 358 g/mol. The molecule has 5 heteroatoms. The molecule has 0 aliphatic rings. The minimum Gasteiger partial charge on any atom is -0.338 e. The average molecular weight is 360 g/mol. The highest BCUT2D eigenvalue weighted by Crippen LogP contribution is 2.30. The standard InChI is InChI=1S/C12H9Br2FN2/c1-7-4-5-16-12(11(7)14)17-10-3-2-8(15)6-9(10)13/h2-6H,1H3,(H,16,17). The first-order valence-electron chi connectivity index (χ1n) is 4.91. The van der Waals surface area contributed by atoms with Gasteiger partial charge in [0.15, 0.2) is 0 Å². The lowest BCUT2D eigenvalue weighted by atomic mass is 10.3. The minimum absolute atomic E-state index is 0.279. The van der Waals surface area contributed by atoms with Crippen molar-refractivity contribution >= 4 is 43.4 Å². The van der Waals surface area contributed by atoms with Crippen molar-refractivity contribution < 1.29 is 4.39 Å². The van der Waals surface area contributed by atoms with E-state index in [-0.39, 0.29) is 5.82 Å². The van der Waals surface area contributed by atoms with Crippen molar-refractivity contribution in [3.8, 4) is 0 Å². The summed E-state index contributed by atoms with van der Waals surface area (Å²) in [6, 6.07) is 6.38. The van der Waals surface area contributed by atoms with Crippen molar-refractivity contribution in [2.24, 2.45) is 0 Å². The summed E-state index contributed by atoms with van der Waals surface area (Å²) < 4.78 is 14.5. The fraction of sp³-hybridized carbons (Fsp3) is 0.0833. The van der Waals surface area contributed by atoms with Crippen LogP contribution >= 0.6 is 31.9 Å². The summed E-state index contributed by atoms with van der Waals surface area (Å²) in [4.78, 5) is 4.23. The Bertz CT molecular complexity index is 558. The Labute approximate surface area is 116 Å². The molecule has 2 nitrogen and oxygen atoms in total. The summed E-state index contributed by atoms with van der Waals surface area (Å²) in [6.45, 7) is 1.98. The van der Waals surface area contributed by atoms with E-state index in [1.165, 1.54) is 12.1 Å². The molecule has 0 spiro atoms. The molecule has 88 valence electrons. The first kappa shape index (κ1) is 12.5. The van der Waals surface area contributed by atoms with Crippen LogP contribution in [0, 0.1) is 12.7 Å². The summed E-state index contributed by atoms with van der Waals surface area (Å²) in [5, 5.41) is 3.14. The summed E-state index contributed by atoms with van der Waals surface area (Å²) >= 11 is 6.76. The third-order valence-electron chi connectivity index (χ3n) is 2.27. The second-order valence-corrected chi connectivity index (χ2v) is 5.19. The average Bonchev–Trinajstić information content (AvgIpc) is 2.28. The molecule has 0 saturated carbocycles. The molecular formula is C12H9Br2FN2. The number of halogens is 3. The number of pyridine rings is 1. The summed E-state index contributed by atoms with van der Waals surface area (Å²) in [6.07, 6.45) is 1.72. The van der Waals surface area contributed by atoms with Crippen molar-refractivity contribution in [1.82, 2.24) is 4.98 Å². The fourth-order valence-corrected chi connectivity index (χ4v) is 2.13. The van der Waals surface area contributed by atoms with Gasteiger partial charge in [0.25, 0.3) is 0 Å². The number of rotatable bonds is 2. The molecule has 2 rings (SSSR count). The number of hydrogen-bond donors (Lipinski definition) is 1. The molecule has 0 fully saturated rings. The highest BCUT2D eigenvalue weighted by atomic mass is 79.9. The number of nitrogens with one attached hydrogen (secondary N) is 1. The Balaban J connectivity index is 2.35. The van der Waals surface area contributed by atoms with Gasteiger partial charge in [-0.1, -0.05) is 0 Å². The lowest BCUT2D eigenvalue weighted by molar-refractivity contribution is 0.627. The van der Waals surface area contributed by atoms with Crippen LogP contribution < -0.4 is 5.32 Å². The van der Waals surface area contributed by atoms with Crippen LogP contribution in [0.5, 0.6) is 0 Å². The quantitative estimate of drug-likeness (QED) is 0.833. The third kappa shape index (κ3) is 2.84. The number of nitrogens with zero attached hydrogens (tertiary/aromatic N) is 1. The topological polar surface area (TPSA) is 24.9 Å². The molecule has 1 aromatic heterocycles. The van der Waals surface area contributed by atoms with Crippen LogP contribution in [0.25, 0.3) is 0 Å². The number of aryl methyl sites for hydroxylation is 1. The number of benzene rings is 1. The van der Waals surface area contributed by atoms with E-state index in [0.717, 1.165) is 15.7 Å². The normalized spacial score (nSPS) is 10.4. The molecule has 0 aliphatic carbocycles. The lowest BCUT2D eigenvalue weighted by Gasteiger charge is -2.10. The molecule has 2 aromatic rings. The second-order valence-electron chi connectivity index (χ2n) is 3.54. The van der Waals surface area contributed by atoms with Gasteiger partial charge >= 0.3 is 0 Å². The van der Waals surface area contributed by atoms with Crippen LogP contribution in [0.2, 0.25) is 0 Å². The number of aromatic nitrogens is 1. The summed E-state index contributed by atoms with van der Waals surface area (Å²) in [5.41, 5.74) is 1.85. The van der Waals surface area contributed by atoms with Crippen molar-refractivity contribution in [2.75, 3.05) is 5.32 Å². The Hall–Kier alpha value is -0.940. The SMILES string of the molecule is Cc1ccnc(Nc2ccc(F)cc2Br)c1Br. The van der Waals surface area contributed by atoms with E-state index >= 15 is 0 Å². The van der Waals surface area contributed by atoms with Crippen LogP contribution in [0.3, 0.4) is 0 Å². The van der Waals surface area contributed by atoms with Gasteiger partial charge < -0.3 is 5.32 Å². The van der Waals surface area contributed by atoms with Gasteiger partial charge in [-0.3, -0.25) is 0 Å². The van der Waals surface area contributed by atoms with Gasteiger partial charge in [0.1, 0.15) is 11.6 Å². The van der Waals surface area contributed by atoms with Gasteiger partial charge in [0.2, 0.25) is 0 Å². The first-order valence-corrected chi connectivity index (χ1v) is 6.49. The lowest BCUT2D eigenvalue weighted by Crippen LogP contribution is -1.96. The van der Waals surface area contributed by atoms with E-state index in [4.69, 9.17) is 0 Å². The molecule has 1 N–H and O–H groups in total. The van der Waals surface area contributed by atoms with Crippen LogP contribution in [0.1, 0.15) is 5.56 Å². The maximum atomic E-state index is 12.9. The van der Waals surface area contributed by atoms with E-state index in [1.54, 1.807) is 12.3 Å². The smallest absolute Gasteiger partial charge is 0.144 e. The maximum absolute atomic E-state index is 12.9. The van der Waals surface area contributed by atoms with Gasteiger partial charge in [-0.05, 0) is 68.6 Å². The Morgan fingerprint density at radius 2 is 2.00 bits per heavy atom. The molecule has 0 bridgehead atoms. The van der Waals surface area contributed by atoms with Gasteiger partial charge in [0, 0.05) is 10.7 Å². The van der Waals surface area contributed by atoms with Crippen LogP contribution in [0.4, 0.5) is 15.9 Å². The molecule has 0 saturated heterocycles. The summed E-state index contributed by atoms with van der Waals surface area (Å²) in [7, 11) is 0. The van der Waals surface area contributed by atoms with Crippen molar-refractivity contribution in [2.45, 2.75) is 6.92 Å². The molecule has 17 heavy (non-hydrogen) atoms. The predicted octanol–water partition coefficient (Wildman–Crippen LogP) is 4.80. The highest BCUT2D eigenvalue weighted by molar-refractivity contribution is 9.11. The number of anilines is 2. The van der Waals surface area contributed by atoms with Gasteiger partial charge in [-0.15, -0.1) is 0 Å². The maximum Gasteiger partial charge on any atom is 0.144 e. The van der Waals surface area contributed by atoms with E-state index in [9.17, 15) is 4.39 Å². The molecule has 0 unspecified atom stereocenters. The zero-order valence-electron chi connectivity index (χ0n) is 8.97. The molecule has 0 aliphatic heterocycles. The molecular weight excluding hydrogens is 351 g/mol. The van der Waals surface area contributed by atoms with Gasteiger partial charge in [-0.2, -0.15) is 0 Å². The highest BCUT2D eigenvalue weighted by Gasteiger charge is 2.07. The zero-order chi connectivity index (χ0) is 12.4. The molecule has 0 radical (unpaired) electrons. The van der Waals surface area contributed by atoms with E-state index < -0.39 is 0 Å². The van der Waals surface area contributed by atoms with Gasteiger partial charge in [0.05, 0.1) is 10.2 Å². The Morgan fingerprint density at radius 3 is 2.71 bits per heavy atom. The largest absolute Gasteiger partial charge is 0.338 e. The zero-order valence-corrected chi connectivity index (χ0v) is 12.1. The van der Waals surface area contributed by atoms with Crippen molar-refractivity contribution in [1.29, 1.82) is 0 Å². The van der Waals surface area contributed by atoms with Crippen LogP contribution in [0.15, 0.2) is 39.4 Å². The van der Waals surface area contributed by atoms with Crippen LogP contribution in [-0.2, 0) is 0 Å². The van der Waals surface area contributed by atoms with Crippen molar-refractivity contribution in [3.05, 3.63) is 50.8 Å². The number of hydrogen-bond acceptors (Lipinski definition) is 2. The fourth-order valence-electron chi connectivity index (χ4n) is 1.35. The molecule has 0 amide bonds. The Kier molecular flexibility index (Phi) is 3.79. The molecule has 0 atom stereocenters. The molecule has 1 heterocycles. The predicted molar refractivity (Wildman–Crippen MR) is 74.1 cm³/mol. The van der Waals surface area contributed by atoms with Crippen molar-refractivity contribution in [3.63, 3.8) is 0 Å². The first-order chi connectivity index (χ1) is 8.08. The van der Waals surface area contributed by atoms with Gasteiger partial charge in [-0.25, -0.2) is 9.37 Å². The minimum atomic E-state index is -0.279.